The van der Waals surface area contributed by atoms with Crippen LogP contribution in [-0.2, 0) is 13.0 Å². The van der Waals surface area contributed by atoms with E-state index in [1.165, 1.54) is 21.6 Å². The Hall–Kier alpha value is -1.62. The van der Waals surface area contributed by atoms with Gasteiger partial charge in [-0.3, -0.25) is 0 Å². The number of nitrogens with one attached hydrogen (secondary N) is 2. The highest BCUT2D eigenvalue weighted by atomic mass is 35.5. The lowest BCUT2D eigenvalue weighted by Gasteiger charge is -2.02. The van der Waals surface area contributed by atoms with Crippen LogP contribution in [0.3, 0.4) is 0 Å². The third-order valence-corrected chi connectivity index (χ3v) is 4.61. The molecule has 0 unspecified atom stereocenters. The molecule has 0 aliphatic rings. The lowest BCUT2D eigenvalue weighted by molar-refractivity contribution is 0.688. The summed E-state index contributed by atoms with van der Waals surface area (Å²) >= 11 is 7.92. The molecule has 5 heteroatoms. The van der Waals surface area contributed by atoms with E-state index in [4.69, 9.17) is 11.6 Å². The van der Waals surface area contributed by atoms with Crippen molar-refractivity contribution in [2.75, 3.05) is 6.54 Å². The number of hydrogen-bond acceptors (Lipinski definition) is 3. The summed E-state index contributed by atoms with van der Waals surface area (Å²) in [6.07, 6.45) is 4.55. The van der Waals surface area contributed by atoms with Crippen LogP contribution in [-0.4, -0.2) is 16.5 Å². The van der Waals surface area contributed by atoms with E-state index in [1.54, 1.807) is 17.7 Å². The van der Waals surface area contributed by atoms with E-state index in [0.717, 1.165) is 30.2 Å². The first-order valence-electron chi connectivity index (χ1n) is 7.23. The highest BCUT2D eigenvalue weighted by molar-refractivity contribution is 7.10. The third kappa shape index (κ3) is 3.97. The lowest BCUT2D eigenvalue weighted by atomic mass is 10.1. The molecule has 0 atom stereocenters. The average molecular weight is 332 g/mol. The lowest BCUT2D eigenvalue weighted by Crippen LogP contribution is -2.16. The van der Waals surface area contributed by atoms with E-state index in [2.05, 4.69) is 39.7 Å². The molecule has 2 aromatic heterocycles. The first-order valence-corrected chi connectivity index (χ1v) is 8.49. The zero-order chi connectivity index (χ0) is 15.4. The maximum atomic E-state index is 6.14. The standard InChI is InChI=1S/C17H18ClN3S/c1-12-4-13(6-15(18)5-12)14-7-17(22-10-14)9-19-3-2-16-8-20-11-21-16/h4-8,10-11,19H,2-3,9H2,1H3,(H,20,21). The predicted molar refractivity (Wildman–Crippen MR) is 93.5 cm³/mol. The van der Waals surface area contributed by atoms with Gasteiger partial charge in [-0.05, 0) is 47.2 Å². The van der Waals surface area contributed by atoms with Crippen LogP contribution in [0.1, 0.15) is 16.1 Å². The minimum Gasteiger partial charge on any atom is -0.348 e. The fraction of sp³-hybridized carbons (Fsp3) is 0.235. The topological polar surface area (TPSA) is 40.7 Å². The van der Waals surface area contributed by atoms with Gasteiger partial charge in [-0.2, -0.15) is 0 Å². The van der Waals surface area contributed by atoms with Gasteiger partial charge < -0.3 is 10.3 Å². The van der Waals surface area contributed by atoms with Gasteiger partial charge in [0.2, 0.25) is 0 Å². The molecule has 0 radical (unpaired) electrons. The summed E-state index contributed by atoms with van der Waals surface area (Å²) in [6, 6.07) is 8.41. The van der Waals surface area contributed by atoms with Gasteiger partial charge in [-0.1, -0.05) is 17.7 Å². The Balaban J connectivity index is 1.56. The maximum absolute atomic E-state index is 6.14. The van der Waals surface area contributed by atoms with Crippen LogP contribution in [0.2, 0.25) is 5.02 Å². The van der Waals surface area contributed by atoms with Gasteiger partial charge in [0.1, 0.15) is 0 Å². The quantitative estimate of drug-likeness (QED) is 0.656. The summed E-state index contributed by atoms with van der Waals surface area (Å²) in [6.45, 7) is 3.89. The molecule has 0 aliphatic carbocycles. The predicted octanol–water partition coefficient (Wildman–Crippen LogP) is 4.43. The Morgan fingerprint density at radius 3 is 2.91 bits per heavy atom. The van der Waals surface area contributed by atoms with Crippen LogP contribution in [0, 0.1) is 6.92 Å². The number of thiophene rings is 1. The number of hydrogen-bond donors (Lipinski definition) is 2. The first kappa shape index (κ1) is 15.3. The second-order valence-corrected chi connectivity index (χ2v) is 6.75. The summed E-state index contributed by atoms with van der Waals surface area (Å²) < 4.78 is 0. The van der Waals surface area contributed by atoms with Gasteiger partial charge in [0.15, 0.2) is 0 Å². The number of nitrogens with zero attached hydrogens (tertiary/aromatic N) is 1. The average Bonchev–Trinajstić information content (AvgIpc) is 3.14. The minimum absolute atomic E-state index is 0.792. The third-order valence-electron chi connectivity index (χ3n) is 3.45. The zero-order valence-electron chi connectivity index (χ0n) is 12.4. The second-order valence-electron chi connectivity index (χ2n) is 5.32. The van der Waals surface area contributed by atoms with Gasteiger partial charge in [0.05, 0.1) is 6.33 Å². The highest BCUT2D eigenvalue weighted by Gasteiger charge is 2.04. The molecule has 0 bridgehead atoms. The van der Waals surface area contributed by atoms with E-state index in [0.29, 0.717) is 0 Å². The molecule has 114 valence electrons. The van der Waals surface area contributed by atoms with E-state index >= 15 is 0 Å². The molecule has 1 aromatic carbocycles. The highest BCUT2D eigenvalue weighted by Crippen LogP contribution is 2.28. The molecule has 2 N–H and O–H groups in total. The van der Waals surface area contributed by atoms with Crippen molar-refractivity contribution in [1.29, 1.82) is 0 Å². The van der Waals surface area contributed by atoms with Crippen LogP contribution < -0.4 is 5.32 Å². The van der Waals surface area contributed by atoms with Crippen LogP contribution >= 0.6 is 22.9 Å². The summed E-state index contributed by atoms with van der Waals surface area (Å²) in [4.78, 5) is 8.46. The number of halogens is 1. The van der Waals surface area contributed by atoms with Crippen molar-refractivity contribution in [3.63, 3.8) is 0 Å². The normalized spacial score (nSPS) is 11.0. The molecular weight excluding hydrogens is 314 g/mol. The summed E-state index contributed by atoms with van der Waals surface area (Å²) in [5, 5.41) is 6.45. The molecule has 0 fully saturated rings. The van der Waals surface area contributed by atoms with Crippen LogP contribution in [0.25, 0.3) is 11.1 Å². The van der Waals surface area contributed by atoms with Crippen LogP contribution in [0.5, 0.6) is 0 Å². The van der Waals surface area contributed by atoms with Crippen LogP contribution in [0.15, 0.2) is 42.2 Å². The van der Waals surface area contributed by atoms with Crippen molar-refractivity contribution in [2.24, 2.45) is 0 Å². The Bertz CT molecular complexity index is 714. The fourth-order valence-corrected chi connectivity index (χ4v) is 3.54. The maximum Gasteiger partial charge on any atom is 0.0921 e. The number of benzene rings is 1. The Kier molecular flexibility index (Phi) is 4.93. The first-order chi connectivity index (χ1) is 10.7. The molecular formula is C17H18ClN3S. The molecule has 22 heavy (non-hydrogen) atoms. The van der Waals surface area contributed by atoms with Crippen LogP contribution in [0.4, 0.5) is 0 Å². The molecule has 0 aliphatic heterocycles. The molecule has 0 saturated heterocycles. The summed E-state index contributed by atoms with van der Waals surface area (Å²) in [5.41, 5.74) is 4.77. The van der Waals surface area contributed by atoms with Crippen molar-refractivity contribution < 1.29 is 0 Å². The van der Waals surface area contributed by atoms with E-state index in [1.807, 2.05) is 18.3 Å². The van der Waals surface area contributed by atoms with Gasteiger partial charge in [-0.25, -0.2) is 4.98 Å². The minimum atomic E-state index is 0.792. The summed E-state index contributed by atoms with van der Waals surface area (Å²) in [5.74, 6) is 0. The van der Waals surface area contributed by atoms with E-state index in [-0.39, 0.29) is 0 Å². The fourth-order valence-electron chi connectivity index (χ4n) is 2.38. The van der Waals surface area contributed by atoms with Crippen molar-refractivity contribution in [3.05, 3.63) is 63.3 Å². The van der Waals surface area contributed by atoms with Gasteiger partial charge in [0, 0.05) is 41.3 Å². The molecule has 3 rings (SSSR count). The Labute approximate surface area is 139 Å². The van der Waals surface area contributed by atoms with Crippen molar-refractivity contribution >= 4 is 22.9 Å². The van der Waals surface area contributed by atoms with Gasteiger partial charge in [-0.15, -0.1) is 11.3 Å². The Morgan fingerprint density at radius 2 is 2.14 bits per heavy atom. The number of H-pyrrole nitrogens is 1. The largest absolute Gasteiger partial charge is 0.348 e. The van der Waals surface area contributed by atoms with E-state index in [9.17, 15) is 0 Å². The molecule has 0 amide bonds. The Morgan fingerprint density at radius 1 is 1.23 bits per heavy atom. The van der Waals surface area contributed by atoms with Gasteiger partial charge >= 0.3 is 0 Å². The van der Waals surface area contributed by atoms with Crippen molar-refractivity contribution in [1.82, 2.24) is 15.3 Å². The molecule has 3 nitrogen and oxygen atoms in total. The molecule has 0 spiro atoms. The summed E-state index contributed by atoms with van der Waals surface area (Å²) in [7, 11) is 0. The number of imidazole rings is 1. The van der Waals surface area contributed by atoms with Crippen molar-refractivity contribution in [2.45, 2.75) is 19.9 Å². The van der Waals surface area contributed by atoms with Crippen molar-refractivity contribution in [3.8, 4) is 11.1 Å². The number of aryl methyl sites for hydroxylation is 1. The molecule has 2 heterocycles. The zero-order valence-corrected chi connectivity index (χ0v) is 14.0. The second kappa shape index (κ2) is 7.09. The SMILES string of the molecule is Cc1cc(Cl)cc(-c2csc(CNCCc3cnc[nH]3)c2)c1. The number of aromatic amines is 1. The van der Waals surface area contributed by atoms with Gasteiger partial charge in [0.25, 0.3) is 0 Å². The number of rotatable bonds is 6. The molecule has 0 saturated carbocycles. The van der Waals surface area contributed by atoms with E-state index < -0.39 is 0 Å². The molecule has 3 aromatic rings. The number of aromatic nitrogens is 2. The smallest absolute Gasteiger partial charge is 0.0921 e. The monoisotopic (exact) mass is 331 g/mol.